The van der Waals surface area contributed by atoms with Crippen molar-refractivity contribution in [1.29, 1.82) is 0 Å². The van der Waals surface area contributed by atoms with Crippen molar-refractivity contribution >= 4 is 17.7 Å². The van der Waals surface area contributed by atoms with E-state index in [0.717, 1.165) is 43.9 Å². The van der Waals surface area contributed by atoms with Crippen LogP contribution in [0.3, 0.4) is 0 Å². The van der Waals surface area contributed by atoms with Crippen molar-refractivity contribution in [1.82, 2.24) is 14.9 Å². The van der Waals surface area contributed by atoms with Crippen LogP contribution in [0, 0.1) is 12.3 Å². The van der Waals surface area contributed by atoms with Crippen molar-refractivity contribution in [2.45, 2.75) is 45.6 Å². The third-order valence-electron chi connectivity index (χ3n) is 5.50. The summed E-state index contributed by atoms with van der Waals surface area (Å²) in [5.41, 5.74) is 0.956. The van der Waals surface area contributed by atoms with Crippen molar-refractivity contribution in [3.63, 3.8) is 0 Å². The molecule has 1 spiro atoms. The van der Waals surface area contributed by atoms with E-state index in [0.29, 0.717) is 13.0 Å². The van der Waals surface area contributed by atoms with Gasteiger partial charge in [-0.3, -0.25) is 9.78 Å². The second-order valence-corrected chi connectivity index (χ2v) is 6.99. The lowest BCUT2D eigenvalue weighted by Gasteiger charge is -2.48. The van der Waals surface area contributed by atoms with E-state index < -0.39 is 12.0 Å². The fourth-order valence-electron chi connectivity index (χ4n) is 3.84. The SMILES string of the molecule is Cc1nccnc1N1CCC2(CCC(=O)N([C@H](C)C(=O)O)C2)CC1. The van der Waals surface area contributed by atoms with Gasteiger partial charge in [-0.2, -0.15) is 0 Å². The smallest absolute Gasteiger partial charge is 0.326 e. The molecule has 7 heteroatoms. The molecule has 3 heterocycles. The molecule has 1 aromatic rings. The fourth-order valence-corrected chi connectivity index (χ4v) is 3.84. The molecular weight excluding hydrogens is 308 g/mol. The van der Waals surface area contributed by atoms with Gasteiger partial charge in [0.15, 0.2) is 0 Å². The molecule has 2 fully saturated rings. The molecule has 0 saturated carbocycles. The highest BCUT2D eigenvalue weighted by molar-refractivity contribution is 5.84. The number of aryl methyl sites for hydroxylation is 1. The van der Waals surface area contributed by atoms with Crippen LogP contribution in [-0.2, 0) is 9.59 Å². The molecule has 1 atom stereocenters. The van der Waals surface area contributed by atoms with Crippen LogP contribution in [-0.4, -0.2) is 57.5 Å². The Morgan fingerprint density at radius 2 is 1.92 bits per heavy atom. The zero-order valence-electron chi connectivity index (χ0n) is 14.2. The van der Waals surface area contributed by atoms with Crippen LogP contribution in [0.2, 0.25) is 0 Å². The Kier molecular flexibility index (Phi) is 4.43. The van der Waals surface area contributed by atoms with Gasteiger partial charge in [-0.1, -0.05) is 0 Å². The number of hydrogen-bond acceptors (Lipinski definition) is 5. The van der Waals surface area contributed by atoms with Gasteiger partial charge >= 0.3 is 5.97 Å². The second-order valence-electron chi connectivity index (χ2n) is 6.99. The second kappa shape index (κ2) is 6.37. The molecule has 130 valence electrons. The molecular formula is C17H24N4O3. The monoisotopic (exact) mass is 332 g/mol. The van der Waals surface area contributed by atoms with Crippen LogP contribution < -0.4 is 4.90 Å². The standard InChI is InChI=1S/C17H24N4O3/c1-12-15(19-8-7-18-12)20-9-5-17(6-10-20)4-3-14(22)21(11-17)13(2)16(23)24/h7-8,13H,3-6,9-11H2,1-2H3,(H,23,24)/t13-/m1/s1. The van der Waals surface area contributed by atoms with E-state index in [1.54, 1.807) is 24.2 Å². The first kappa shape index (κ1) is 16.7. The Morgan fingerprint density at radius 3 is 2.54 bits per heavy atom. The minimum Gasteiger partial charge on any atom is -0.480 e. The van der Waals surface area contributed by atoms with E-state index >= 15 is 0 Å². The van der Waals surface area contributed by atoms with Gasteiger partial charge in [-0.05, 0) is 38.5 Å². The summed E-state index contributed by atoms with van der Waals surface area (Å²) < 4.78 is 0. The average molecular weight is 332 g/mol. The maximum absolute atomic E-state index is 12.1. The third-order valence-corrected chi connectivity index (χ3v) is 5.50. The van der Waals surface area contributed by atoms with Crippen LogP contribution in [0.4, 0.5) is 5.82 Å². The molecule has 1 aromatic heterocycles. The first-order valence-electron chi connectivity index (χ1n) is 8.47. The molecule has 7 nitrogen and oxygen atoms in total. The highest BCUT2D eigenvalue weighted by atomic mass is 16.4. The lowest BCUT2D eigenvalue weighted by molar-refractivity contribution is -0.154. The number of carboxylic acids is 1. The topological polar surface area (TPSA) is 86.6 Å². The Hall–Kier alpha value is -2.18. The predicted octanol–water partition coefficient (Wildman–Crippen LogP) is 1.47. The van der Waals surface area contributed by atoms with Gasteiger partial charge in [0, 0.05) is 38.4 Å². The summed E-state index contributed by atoms with van der Waals surface area (Å²) in [7, 11) is 0. The molecule has 1 amide bonds. The van der Waals surface area contributed by atoms with E-state index in [2.05, 4.69) is 14.9 Å². The van der Waals surface area contributed by atoms with Gasteiger partial charge in [0.05, 0.1) is 5.69 Å². The summed E-state index contributed by atoms with van der Waals surface area (Å²) in [6.07, 6.45) is 6.59. The minimum absolute atomic E-state index is 0.0320. The third kappa shape index (κ3) is 3.07. The van der Waals surface area contributed by atoms with Crippen molar-refractivity contribution in [2.75, 3.05) is 24.5 Å². The average Bonchev–Trinajstić information content (AvgIpc) is 2.58. The molecule has 0 radical (unpaired) electrons. The summed E-state index contributed by atoms with van der Waals surface area (Å²) in [6, 6.07) is -0.755. The quantitative estimate of drug-likeness (QED) is 0.902. The maximum Gasteiger partial charge on any atom is 0.326 e. The van der Waals surface area contributed by atoms with Crippen LogP contribution in [0.5, 0.6) is 0 Å². The first-order chi connectivity index (χ1) is 11.4. The maximum atomic E-state index is 12.1. The van der Waals surface area contributed by atoms with E-state index in [1.807, 2.05) is 6.92 Å². The Bertz CT molecular complexity index is 640. The molecule has 2 aliphatic rings. The lowest BCUT2D eigenvalue weighted by atomic mass is 9.72. The van der Waals surface area contributed by atoms with Gasteiger partial charge in [-0.25, -0.2) is 9.78 Å². The van der Waals surface area contributed by atoms with Crippen molar-refractivity contribution in [3.8, 4) is 0 Å². The van der Waals surface area contributed by atoms with E-state index in [-0.39, 0.29) is 11.3 Å². The Morgan fingerprint density at radius 1 is 1.25 bits per heavy atom. The molecule has 0 unspecified atom stereocenters. The zero-order valence-corrected chi connectivity index (χ0v) is 14.2. The van der Waals surface area contributed by atoms with Gasteiger partial charge in [-0.15, -0.1) is 0 Å². The largest absolute Gasteiger partial charge is 0.480 e. The van der Waals surface area contributed by atoms with Gasteiger partial charge in [0.2, 0.25) is 5.91 Å². The number of aliphatic carboxylic acids is 1. The molecule has 0 aromatic carbocycles. The number of anilines is 1. The highest BCUT2D eigenvalue weighted by Crippen LogP contribution is 2.41. The Balaban J connectivity index is 1.70. The number of piperidine rings is 2. The number of hydrogen-bond donors (Lipinski definition) is 1. The minimum atomic E-state index is -0.937. The molecule has 0 aliphatic carbocycles. The molecule has 2 aliphatic heterocycles. The van der Waals surface area contributed by atoms with Crippen LogP contribution in [0.1, 0.15) is 38.3 Å². The normalized spacial score (nSPS) is 21.8. The molecule has 24 heavy (non-hydrogen) atoms. The number of rotatable bonds is 3. The first-order valence-corrected chi connectivity index (χ1v) is 8.47. The van der Waals surface area contributed by atoms with Gasteiger partial charge < -0.3 is 14.9 Å². The summed E-state index contributed by atoms with van der Waals surface area (Å²) >= 11 is 0. The number of nitrogens with zero attached hydrogens (tertiary/aromatic N) is 4. The van der Waals surface area contributed by atoms with Crippen molar-refractivity contribution in [3.05, 3.63) is 18.1 Å². The molecule has 2 saturated heterocycles. The van der Waals surface area contributed by atoms with E-state index in [1.165, 1.54) is 0 Å². The van der Waals surface area contributed by atoms with Crippen molar-refractivity contribution in [2.24, 2.45) is 5.41 Å². The number of amides is 1. The number of carboxylic acid groups (broad SMARTS) is 1. The molecule has 0 bridgehead atoms. The van der Waals surface area contributed by atoms with Crippen LogP contribution in [0.15, 0.2) is 12.4 Å². The highest BCUT2D eigenvalue weighted by Gasteiger charge is 2.43. The summed E-state index contributed by atoms with van der Waals surface area (Å²) in [5, 5.41) is 9.24. The zero-order chi connectivity index (χ0) is 17.3. The van der Waals surface area contributed by atoms with E-state index in [4.69, 9.17) is 0 Å². The number of carbonyl (C=O) groups is 2. The summed E-state index contributed by atoms with van der Waals surface area (Å²) in [4.78, 5) is 35.9. The van der Waals surface area contributed by atoms with E-state index in [9.17, 15) is 14.7 Å². The fraction of sp³-hybridized carbons (Fsp3) is 0.647. The summed E-state index contributed by atoms with van der Waals surface area (Å²) in [6.45, 7) is 5.83. The summed E-state index contributed by atoms with van der Waals surface area (Å²) in [5.74, 6) is -0.0502. The number of carbonyl (C=O) groups excluding carboxylic acids is 1. The van der Waals surface area contributed by atoms with Crippen LogP contribution >= 0.6 is 0 Å². The number of likely N-dealkylation sites (tertiary alicyclic amines) is 1. The Labute approximate surface area is 141 Å². The van der Waals surface area contributed by atoms with Crippen LogP contribution in [0.25, 0.3) is 0 Å². The number of aromatic nitrogens is 2. The lowest BCUT2D eigenvalue weighted by Crippen LogP contribution is -2.55. The predicted molar refractivity (Wildman–Crippen MR) is 88.7 cm³/mol. The van der Waals surface area contributed by atoms with Gasteiger partial charge in [0.1, 0.15) is 11.9 Å². The van der Waals surface area contributed by atoms with Gasteiger partial charge in [0.25, 0.3) is 0 Å². The van der Waals surface area contributed by atoms with Crippen molar-refractivity contribution < 1.29 is 14.7 Å². The molecule has 1 N–H and O–H groups in total. The molecule has 3 rings (SSSR count).